The fourth-order valence-electron chi connectivity index (χ4n) is 4.48. The number of hydrogen-bond acceptors (Lipinski definition) is 4. The van der Waals surface area contributed by atoms with E-state index in [-0.39, 0.29) is 18.0 Å². The molecule has 0 spiro atoms. The molecule has 4 rings (SSSR count). The predicted octanol–water partition coefficient (Wildman–Crippen LogP) is 4.02. The molecule has 2 aliphatic heterocycles. The third kappa shape index (κ3) is 3.29. The predicted molar refractivity (Wildman–Crippen MR) is 108 cm³/mol. The van der Waals surface area contributed by atoms with Crippen LogP contribution in [0, 0.1) is 0 Å². The number of carbonyl (C=O) groups excluding carboxylic acids is 1. The minimum atomic E-state index is -3.36. The van der Waals surface area contributed by atoms with E-state index in [4.69, 9.17) is 0 Å². The van der Waals surface area contributed by atoms with Crippen LogP contribution in [-0.2, 0) is 9.84 Å². The normalized spacial score (nSPS) is 24.8. The van der Waals surface area contributed by atoms with Gasteiger partial charge in [0.2, 0.25) is 0 Å². The van der Waals surface area contributed by atoms with Crippen molar-refractivity contribution in [2.45, 2.75) is 52.8 Å². The van der Waals surface area contributed by atoms with Gasteiger partial charge in [0, 0.05) is 17.0 Å². The number of carbonyl (C=O) groups is 1. The molecule has 2 atom stereocenters. The molecule has 4 nitrogen and oxygen atoms in total. The smallest absolute Gasteiger partial charge is 0.255 e. The van der Waals surface area contributed by atoms with Gasteiger partial charge in [-0.3, -0.25) is 4.79 Å². The highest BCUT2D eigenvalue weighted by atomic mass is 32.2. The number of nitrogens with zero attached hydrogens (tertiary/aromatic N) is 1. The van der Waals surface area contributed by atoms with Gasteiger partial charge in [-0.2, -0.15) is 0 Å². The monoisotopic (exact) mass is 401 g/mol. The lowest BCUT2D eigenvalue weighted by Gasteiger charge is -2.39. The molecular formula is C21H23NO3S2. The second-order valence-electron chi connectivity index (χ2n) is 7.25. The van der Waals surface area contributed by atoms with Crippen LogP contribution in [0.3, 0.4) is 0 Å². The summed E-state index contributed by atoms with van der Waals surface area (Å²) < 4.78 is 26.1. The average Bonchev–Trinajstić information content (AvgIpc) is 2.96. The zero-order chi connectivity index (χ0) is 19.0. The van der Waals surface area contributed by atoms with Gasteiger partial charge in [0.25, 0.3) is 5.91 Å². The molecule has 2 heterocycles. The van der Waals surface area contributed by atoms with Gasteiger partial charge in [0.15, 0.2) is 9.84 Å². The van der Waals surface area contributed by atoms with Crippen LogP contribution in [0.1, 0.15) is 36.0 Å². The van der Waals surface area contributed by atoms with E-state index in [1.165, 1.54) is 0 Å². The molecule has 2 aromatic rings. The first-order valence-electron chi connectivity index (χ1n) is 9.27. The molecule has 2 aliphatic rings. The zero-order valence-electron chi connectivity index (χ0n) is 15.2. The van der Waals surface area contributed by atoms with Crippen LogP contribution in [0.25, 0.3) is 0 Å². The number of benzene rings is 2. The molecule has 0 aliphatic carbocycles. The van der Waals surface area contributed by atoms with E-state index in [1.807, 2.05) is 41.5 Å². The highest BCUT2D eigenvalue weighted by Crippen LogP contribution is 2.41. The highest BCUT2D eigenvalue weighted by Gasteiger charge is 2.47. The van der Waals surface area contributed by atoms with Crippen molar-refractivity contribution >= 4 is 27.5 Å². The summed E-state index contributed by atoms with van der Waals surface area (Å²) in [5.74, 6) is 0.0445. The van der Waals surface area contributed by atoms with Crippen molar-refractivity contribution in [3.63, 3.8) is 0 Å². The van der Waals surface area contributed by atoms with E-state index in [1.54, 1.807) is 36.0 Å². The highest BCUT2D eigenvalue weighted by molar-refractivity contribution is 7.98. The standard InChI is InChI=1S/C21H23NO3S2/c1-26-20-10-6-5-9-19(20)21(23)22-15-11-12-16(22)14-18(13-15)27(24,25)17-7-3-2-4-8-17/h2-10,15-16,18H,11-14H2,1H3. The van der Waals surface area contributed by atoms with E-state index in [0.29, 0.717) is 17.7 Å². The fourth-order valence-corrected chi connectivity index (χ4v) is 6.94. The summed E-state index contributed by atoms with van der Waals surface area (Å²) >= 11 is 1.57. The molecule has 2 unspecified atom stereocenters. The Bertz CT molecular complexity index is 929. The molecule has 27 heavy (non-hydrogen) atoms. The maximum absolute atomic E-state index is 13.2. The van der Waals surface area contributed by atoms with Crippen LogP contribution in [0.15, 0.2) is 64.4 Å². The van der Waals surface area contributed by atoms with Gasteiger partial charge in [-0.25, -0.2) is 8.42 Å². The van der Waals surface area contributed by atoms with E-state index in [0.717, 1.165) is 23.3 Å². The minimum Gasteiger partial charge on any atom is -0.333 e. The molecule has 0 N–H and O–H groups in total. The van der Waals surface area contributed by atoms with Crippen LogP contribution < -0.4 is 0 Å². The first kappa shape index (κ1) is 18.6. The van der Waals surface area contributed by atoms with Crippen LogP contribution in [0.5, 0.6) is 0 Å². The number of thioether (sulfide) groups is 1. The largest absolute Gasteiger partial charge is 0.333 e. The molecule has 1 amide bonds. The van der Waals surface area contributed by atoms with Crippen molar-refractivity contribution in [2.24, 2.45) is 0 Å². The van der Waals surface area contributed by atoms with E-state index in [2.05, 4.69) is 0 Å². The molecule has 142 valence electrons. The van der Waals surface area contributed by atoms with Gasteiger partial charge in [-0.15, -0.1) is 11.8 Å². The van der Waals surface area contributed by atoms with Crippen LogP contribution >= 0.6 is 11.8 Å². The summed E-state index contributed by atoms with van der Waals surface area (Å²) in [7, 11) is -3.36. The van der Waals surface area contributed by atoms with Crippen molar-refractivity contribution in [3.8, 4) is 0 Å². The van der Waals surface area contributed by atoms with Crippen molar-refractivity contribution < 1.29 is 13.2 Å². The Morgan fingerprint density at radius 2 is 1.56 bits per heavy atom. The molecule has 2 bridgehead atoms. The Morgan fingerprint density at radius 3 is 2.19 bits per heavy atom. The average molecular weight is 402 g/mol. The molecule has 2 fully saturated rings. The summed E-state index contributed by atoms with van der Waals surface area (Å²) in [6, 6.07) is 16.4. The maximum atomic E-state index is 13.2. The van der Waals surface area contributed by atoms with Crippen LogP contribution in [-0.4, -0.2) is 42.8 Å². The molecule has 2 saturated heterocycles. The summed E-state index contributed by atoms with van der Waals surface area (Å²) in [6.07, 6.45) is 4.80. The molecular weight excluding hydrogens is 378 g/mol. The minimum absolute atomic E-state index is 0.00893. The van der Waals surface area contributed by atoms with E-state index >= 15 is 0 Å². The van der Waals surface area contributed by atoms with Crippen molar-refractivity contribution in [1.82, 2.24) is 4.90 Å². The first-order valence-corrected chi connectivity index (χ1v) is 12.0. The summed E-state index contributed by atoms with van der Waals surface area (Å²) in [5.41, 5.74) is 0.728. The summed E-state index contributed by atoms with van der Waals surface area (Å²) in [6.45, 7) is 0. The molecule has 6 heteroatoms. The number of fused-ring (bicyclic) bond motifs is 2. The Balaban J connectivity index is 1.59. The van der Waals surface area contributed by atoms with Gasteiger partial charge in [0.1, 0.15) is 0 Å². The number of amides is 1. The van der Waals surface area contributed by atoms with Crippen LogP contribution in [0.2, 0.25) is 0 Å². The second kappa shape index (κ2) is 7.32. The third-order valence-corrected chi connectivity index (χ3v) is 8.76. The van der Waals surface area contributed by atoms with Gasteiger partial charge in [-0.05, 0) is 56.2 Å². The Kier molecular flexibility index (Phi) is 5.03. The second-order valence-corrected chi connectivity index (χ2v) is 10.3. The topological polar surface area (TPSA) is 54.5 Å². The van der Waals surface area contributed by atoms with Gasteiger partial charge >= 0.3 is 0 Å². The summed E-state index contributed by atoms with van der Waals surface area (Å²) in [4.78, 5) is 16.6. The van der Waals surface area contributed by atoms with Crippen molar-refractivity contribution in [3.05, 3.63) is 60.2 Å². The van der Waals surface area contributed by atoms with Gasteiger partial charge in [0.05, 0.1) is 15.7 Å². The number of piperidine rings is 1. The number of sulfone groups is 1. The Labute approximate surface area is 164 Å². The van der Waals surface area contributed by atoms with E-state index < -0.39 is 15.1 Å². The van der Waals surface area contributed by atoms with Crippen molar-refractivity contribution in [1.29, 1.82) is 0 Å². The first-order chi connectivity index (χ1) is 13.0. The zero-order valence-corrected chi connectivity index (χ0v) is 16.9. The number of hydrogen-bond donors (Lipinski definition) is 0. The van der Waals surface area contributed by atoms with Crippen LogP contribution in [0.4, 0.5) is 0 Å². The SMILES string of the molecule is CSc1ccccc1C(=O)N1C2CCC1CC(S(=O)(=O)c1ccccc1)C2. The third-order valence-electron chi connectivity index (χ3n) is 5.77. The van der Waals surface area contributed by atoms with Crippen molar-refractivity contribution in [2.75, 3.05) is 6.26 Å². The summed E-state index contributed by atoms with van der Waals surface area (Å²) in [5, 5.41) is -0.405. The van der Waals surface area contributed by atoms with Gasteiger partial charge < -0.3 is 4.90 Å². The number of rotatable bonds is 4. The Morgan fingerprint density at radius 1 is 0.963 bits per heavy atom. The fraction of sp³-hybridized carbons (Fsp3) is 0.381. The lowest BCUT2D eigenvalue weighted by atomic mass is 10.0. The maximum Gasteiger partial charge on any atom is 0.255 e. The van der Waals surface area contributed by atoms with E-state index in [9.17, 15) is 13.2 Å². The lowest BCUT2D eigenvalue weighted by Crippen LogP contribution is -2.49. The molecule has 0 saturated carbocycles. The quantitative estimate of drug-likeness (QED) is 0.726. The molecule has 2 aromatic carbocycles. The van der Waals surface area contributed by atoms with Gasteiger partial charge in [-0.1, -0.05) is 30.3 Å². The molecule has 0 radical (unpaired) electrons. The Hall–Kier alpha value is -1.79. The lowest BCUT2D eigenvalue weighted by molar-refractivity contribution is 0.0594. The molecule has 0 aromatic heterocycles.